The summed E-state index contributed by atoms with van der Waals surface area (Å²) in [6, 6.07) is 5.83. The van der Waals surface area contributed by atoms with Gasteiger partial charge in [-0.3, -0.25) is 4.90 Å². The predicted octanol–water partition coefficient (Wildman–Crippen LogP) is 4.47. The van der Waals surface area contributed by atoms with Crippen molar-refractivity contribution in [3.05, 3.63) is 28.8 Å². The molecule has 0 aliphatic rings. The van der Waals surface area contributed by atoms with Crippen molar-refractivity contribution in [2.24, 2.45) is 5.92 Å². The van der Waals surface area contributed by atoms with Crippen LogP contribution in [-0.2, 0) is 0 Å². The fourth-order valence-corrected chi connectivity index (χ4v) is 2.46. The molecule has 1 atom stereocenters. The summed E-state index contributed by atoms with van der Waals surface area (Å²) in [5.74, 6) is 0.914. The fourth-order valence-electron chi connectivity index (χ4n) is 2.28. The van der Waals surface area contributed by atoms with Crippen LogP contribution in [0.4, 0.5) is 0 Å². The first kappa shape index (κ1) is 15.3. The summed E-state index contributed by atoms with van der Waals surface area (Å²) in [4.78, 5) is 2.38. The summed E-state index contributed by atoms with van der Waals surface area (Å²) in [7, 11) is 0. The van der Waals surface area contributed by atoms with Gasteiger partial charge in [0, 0.05) is 29.2 Å². The molecule has 18 heavy (non-hydrogen) atoms. The summed E-state index contributed by atoms with van der Waals surface area (Å²) in [5, 5.41) is 10.7. The van der Waals surface area contributed by atoms with E-state index in [1.165, 1.54) is 0 Å². The van der Waals surface area contributed by atoms with Crippen LogP contribution in [0.3, 0.4) is 0 Å². The van der Waals surface area contributed by atoms with Crippen LogP contribution < -0.4 is 0 Å². The predicted molar refractivity (Wildman–Crippen MR) is 78.2 cm³/mol. The first-order valence-electron chi connectivity index (χ1n) is 6.57. The van der Waals surface area contributed by atoms with Crippen LogP contribution in [0.15, 0.2) is 18.2 Å². The van der Waals surface area contributed by atoms with Crippen molar-refractivity contribution in [2.45, 2.75) is 46.7 Å². The quantitative estimate of drug-likeness (QED) is 0.852. The molecule has 0 aromatic heterocycles. The Kier molecular flexibility index (Phi) is 5.48. The van der Waals surface area contributed by atoms with Gasteiger partial charge in [0.25, 0.3) is 0 Å². The Bertz CT molecular complexity index is 390. The number of hydrogen-bond acceptors (Lipinski definition) is 2. The molecule has 0 fully saturated rings. The van der Waals surface area contributed by atoms with Gasteiger partial charge in [-0.05, 0) is 44.9 Å². The molecular weight excluding hydrogens is 246 g/mol. The fraction of sp³-hybridized carbons (Fsp3) is 0.600. The molecule has 1 unspecified atom stereocenters. The average Bonchev–Trinajstić information content (AvgIpc) is 2.27. The van der Waals surface area contributed by atoms with Gasteiger partial charge in [-0.2, -0.15) is 0 Å². The minimum absolute atomic E-state index is 0.158. The summed E-state index contributed by atoms with van der Waals surface area (Å²) >= 11 is 6.02. The Balaban J connectivity index is 3.01. The number of phenolic OH excluding ortho intramolecular Hbond substituents is 1. The van der Waals surface area contributed by atoms with E-state index in [9.17, 15) is 5.11 Å². The van der Waals surface area contributed by atoms with Gasteiger partial charge in [-0.1, -0.05) is 25.4 Å². The van der Waals surface area contributed by atoms with E-state index in [2.05, 4.69) is 39.5 Å². The van der Waals surface area contributed by atoms with Crippen molar-refractivity contribution < 1.29 is 5.11 Å². The lowest BCUT2D eigenvalue weighted by Gasteiger charge is -2.34. The highest BCUT2D eigenvalue weighted by Gasteiger charge is 2.22. The van der Waals surface area contributed by atoms with E-state index in [1.807, 2.05) is 6.07 Å². The van der Waals surface area contributed by atoms with Crippen LogP contribution in [0, 0.1) is 5.92 Å². The zero-order chi connectivity index (χ0) is 13.9. The molecule has 0 aliphatic heterocycles. The maximum absolute atomic E-state index is 9.98. The SMILES string of the molecule is CC(C)CN(C(C)C)C(C)c1cc(Cl)ccc1O. The van der Waals surface area contributed by atoms with Gasteiger partial charge >= 0.3 is 0 Å². The number of aromatic hydroxyl groups is 1. The molecule has 0 heterocycles. The van der Waals surface area contributed by atoms with Gasteiger partial charge in [0.2, 0.25) is 0 Å². The molecule has 0 aliphatic carbocycles. The molecule has 0 spiro atoms. The van der Waals surface area contributed by atoms with Gasteiger partial charge in [-0.15, -0.1) is 0 Å². The van der Waals surface area contributed by atoms with Crippen molar-refractivity contribution in [1.29, 1.82) is 0 Å². The molecular formula is C15H24ClNO. The number of benzene rings is 1. The molecule has 0 radical (unpaired) electrons. The third-order valence-electron chi connectivity index (χ3n) is 3.18. The lowest BCUT2D eigenvalue weighted by molar-refractivity contribution is 0.143. The Morgan fingerprint density at radius 2 is 1.78 bits per heavy atom. The summed E-state index contributed by atoms with van der Waals surface area (Å²) in [6.45, 7) is 11.9. The lowest BCUT2D eigenvalue weighted by atomic mass is 10.0. The molecule has 1 rings (SSSR count). The smallest absolute Gasteiger partial charge is 0.120 e. The van der Waals surface area contributed by atoms with E-state index in [-0.39, 0.29) is 6.04 Å². The number of phenols is 1. The molecule has 1 aromatic carbocycles. The second kappa shape index (κ2) is 6.44. The highest BCUT2D eigenvalue weighted by Crippen LogP contribution is 2.32. The molecule has 1 N–H and O–H groups in total. The zero-order valence-corrected chi connectivity index (χ0v) is 12.7. The van der Waals surface area contributed by atoms with Crippen molar-refractivity contribution in [3.63, 3.8) is 0 Å². The monoisotopic (exact) mass is 269 g/mol. The van der Waals surface area contributed by atoms with Gasteiger partial charge in [0.1, 0.15) is 5.75 Å². The molecule has 1 aromatic rings. The van der Waals surface area contributed by atoms with E-state index >= 15 is 0 Å². The molecule has 0 saturated carbocycles. The number of halogens is 1. The topological polar surface area (TPSA) is 23.5 Å². The maximum atomic E-state index is 9.98. The third-order valence-corrected chi connectivity index (χ3v) is 3.41. The Hall–Kier alpha value is -0.730. The Morgan fingerprint density at radius 3 is 2.28 bits per heavy atom. The van der Waals surface area contributed by atoms with E-state index < -0.39 is 0 Å². The van der Waals surface area contributed by atoms with Crippen molar-refractivity contribution >= 4 is 11.6 Å². The van der Waals surface area contributed by atoms with Crippen molar-refractivity contribution in [1.82, 2.24) is 4.90 Å². The average molecular weight is 270 g/mol. The van der Waals surface area contributed by atoms with Crippen LogP contribution in [-0.4, -0.2) is 22.6 Å². The van der Waals surface area contributed by atoms with E-state index in [0.717, 1.165) is 12.1 Å². The number of nitrogens with zero attached hydrogens (tertiary/aromatic N) is 1. The zero-order valence-electron chi connectivity index (χ0n) is 11.9. The lowest BCUT2D eigenvalue weighted by Crippen LogP contribution is -2.36. The maximum Gasteiger partial charge on any atom is 0.120 e. The van der Waals surface area contributed by atoms with Gasteiger partial charge in [-0.25, -0.2) is 0 Å². The molecule has 102 valence electrons. The van der Waals surface area contributed by atoms with E-state index in [4.69, 9.17) is 11.6 Å². The standard InChI is InChI=1S/C15H24ClNO/c1-10(2)9-17(11(3)4)12(5)14-8-13(16)6-7-15(14)18/h6-8,10-12,18H,9H2,1-5H3. The third kappa shape index (κ3) is 3.89. The van der Waals surface area contributed by atoms with Gasteiger partial charge in [0.15, 0.2) is 0 Å². The van der Waals surface area contributed by atoms with Gasteiger partial charge < -0.3 is 5.11 Å². The summed E-state index contributed by atoms with van der Waals surface area (Å²) < 4.78 is 0. The Labute approximate surface area is 116 Å². The number of rotatable bonds is 5. The first-order valence-corrected chi connectivity index (χ1v) is 6.94. The van der Waals surface area contributed by atoms with Crippen LogP contribution >= 0.6 is 11.6 Å². The van der Waals surface area contributed by atoms with Gasteiger partial charge in [0.05, 0.1) is 0 Å². The van der Waals surface area contributed by atoms with E-state index in [1.54, 1.807) is 12.1 Å². The first-order chi connectivity index (χ1) is 8.32. The minimum atomic E-state index is 0.158. The second-order valence-electron chi connectivity index (χ2n) is 5.56. The number of hydrogen-bond donors (Lipinski definition) is 1. The molecule has 3 heteroatoms. The van der Waals surface area contributed by atoms with Crippen molar-refractivity contribution in [3.8, 4) is 5.75 Å². The highest BCUT2D eigenvalue weighted by molar-refractivity contribution is 6.30. The second-order valence-corrected chi connectivity index (χ2v) is 6.00. The molecule has 0 saturated heterocycles. The normalized spacial score (nSPS) is 13.6. The summed E-state index contributed by atoms with van der Waals surface area (Å²) in [6.07, 6.45) is 0. The van der Waals surface area contributed by atoms with Crippen LogP contribution in [0.5, 0.6) is 5.75 Å². The Morgan fingerprint density at radius 1 is 1.17 bits per heavy atom. The summed E-state index contributed by atoms with van der Waals surface area (Å²) in [5.41, 5.74) is 0.900. The minimum Gasteiger partial charge on any atom is -0.508 e. The highest BCUT2D eigenvalue weighted by atomic mass is 35.5. The van der Waals surface area contributed by atoms with Crippen molar-refractivity contribution in [2.75, 3.05) is 6.54 Å². The molecule has 2 nitrogen and oxygen atoms in total. The molecule has 0 bridgehead atoms. The van der Waals surface area contributed by atoms with Crippen LogP contribution in [0.2, 0.25) is 5.02 Å². The van der Waals surface area contributed by atoms with Crippen LogP contribution in [0.1, 0.15) is 46.2 Å². The largest absolute Gasteiger partial charge is 0.508 e. The molecule has 0 amide bonds. The van der Waals surface area contributed by atoms with E-state index in [0.29, 0.717) is 22.7 Å². The van der Waals surface area contributed by atoms with Crippen LogP contribution in [0.25, 0.3) is 0 Å².